The van der Waals surface area contributed by atoms with Gasteiger partial charge < -0.3 is 10.5 Å². The van der Waals surface area contributed by atoms with Crippen molar-refractivity contribution in [2.75, 3.05) is 10.5 Å². The van der Waals surface area contributed by atoms with Crippen molar-refractivity contribution in [2.24, 2.45) is 0 Å². The van der Waals surface area contributed by atoms with Crippen LogP contribution in [0, 0.1) is 12.7 Å². The van der Waals surface area contributed by atoms with E-state index in [1.165, 1.54) is 30.6 Å². The summed E-state index contributed by atoms with van der Waals surface area (Å²) in [5, 5.41) is 14.2. The normalized spacial score (nSPS) is 11.3. The van der Waals surface area contributed by atoms with Crippen molar-refractivity contribution in [1.29, 1.82) is 0 Å². The summed E-state index contributed by atoms with van der Waals surface area (Å²) >= 11 is 6.11. The molecule has 0 amide bonds. The number of aryl methyl sites for hydroxylation is 1. The lowest BCUT2D eigenvalue weighted by atomic mass is 10.1. The number of nitrogens with one attached hydrogen (secondary N) is 2. The summed E-state index contributed by atoms with van der Waals surface area (Å²) in [7, 11) is -4.24. The van der Waals surface area contributed by atoms with E-state index < -0.39 is 20.7 Å². The summed E-state index contributed by atoms with van der Waals surface area (Å²) in [4.78, 5) is -0.552. The number of anilines is 2. The number of ether oxygens (including phenoxy) is 1. The van der Waals surface area contributed by atoms with Crippen molar-refractivity contribution >= 4 is 33.3 Å². The molecule has 0 radical (unpaired) electrons. The molecule has 164 valence electrons. The number of nitrogens with zero attached hydrogens (tertiary/aromatic N) is 3. The molecule has 4 rings (SSSR count). The summed E-state index contributed by atoms with van der Waals surface area (Å²) in [6.07, 6.45) is 2.89. The molecule has 0 spiro atoms. The Morgan fingerprint density at radius 1 is 1.16 bits per heavy atom. The molecule has 0 saturated heterocycles. The van der Waals surface area contributed by atoms with Crippen LogP contribution in [-0.4, -0.2) is 28.8 Å². The third-order valence-electron chi connectivity index (χ3n) is 4.45. The highest BCUT2D eigenvalue weighted by molar-refractivity contribution is 7.92. The first kappa shape index (κ1) is 21.5. The third kappa shape index (κ3) is 4.34. The van der Waals surface area contributed by atoms with E-state index in [1.807, 2.05) is 0 Å². The van der Waals surface area contributed by atoms with Crippen LogP contribution < -0.4 is 15.2 Å². The number of nitrogen functional groups attached to an aromatic ring is 1. The Kier molecular flexibility index (Phi) is 5.68. The van der Waals surface area contributed by atoms with Crippen LogP contribution in [-0.2, 0) is 10.0 Å². The Balaban J connectivity index is 1.69. The van der Waals surface area contributed by atoms with Crippen LogP contribution in [0.25, 0.3) is 11.1 Å². The standard InChI is InChI=1S/C20H16ClFN6O3S/c1-11-7-18(32(29,30)28-19-3-2-6-24-26-19)15(22)9-17(11)31-16-5-4-12(21)8-13(16)14-10-25-27-20(14)23/h2-10H,1H3,(H,26,28)(H3,23,25,27). The summed E-state index contributed by atoms with van der Waals surface area (Å²) in [6.45, 7) is 1.60. The van der Waals surface area contributed by atoms with Crippen molar-refractivity contribution in [3.63, 3.8) is 0 Å². The summed E-state index contributed by atoms with van der Waals surface area (Å²) in [6, 6.07) is 9.90. The molecule has 0 atom stereocenters. The Morgan fingerprint density at radius 2 is 1.97 bits per heavy atom. The molecule has 12 heteroatoms. The van der Waals surface area contributed by atoms with E-state index in [9.17, 15) is 12.8 Å². The molecular weight excluding hydrogens is 459 g/mol. The second kappa shape index (κ2) is 8.44. The van der Waals surface area contributed by atoms with Crippen molar-refractivity contribution in [1.82, 2.24) is 20.4 Å². The lowest BCUT2D eigenvalue weighted by Gasteiger charge is -2.15. The van der Waals surface area contributed by atoms with Gasteiger partial charge in [-0.1, -0.05) is 11.6 Å². The molecule has 2 aromatic heterocycles. The summed E-state index contributed by atoms with van der Waals surface area (Å²) in [5.41, 5.74) is 7.37. The summed E-state index contributed by atoms with van der Waals surface area (Å²) < 4.78 is 48.2. The molecule has 4 N–H and O–H groups in total. The van der Waals surface area contributed by atoms with Crippen molar-refractivity contribution in [2.45, 2.75) is 11.8 Å². The number of sulfonamides is 1. The average Bonchev–Trinajstić information content (AvgIpc) is 3.17. The lowest BCUT2D eigenvalue weighted by molar-refractivity contribution is 0.471. The highest BCUT2D eigenvalue weighted by Gasteiger charge is 2.23. The van der Waals surface area contributed by atoms with Crippen LogP contribution in [0.1, 0.15) is 5.56 Å². The van der Waals surface area contributed by atoms with Crippen LogP contribution in [0.3, 0.4) is 0 Å². The minimum absolute atomic E-state index is 0.0339. The predicted octanol–water partition coefficient (Wildman–Crippen LogP) is 4.14. The molecule has 2 aromatic carbocycles. The van der Waals surface area contributed by atoms with E-state index >= 15 is 0 Å². The van der Waals surface area contributed by atoms with E-state index in [0.29, 0.717) is 33.3 Å². The van der Waals surface area contributed by atoms with Gasteiger partial charge in [0.1, 0.15) is 28.0 Å². The molecule has 32 heavy (non-hydrogen) atoms. The van der Waals surface area contributed by atoms with Gasteiger partial charge in [-0.25, -0.2) is 12.8 Å². The molecule has 0 aliphatic rings. The highest BCUT2D eigenvalue weighted by atomic mass is 35.5. The van der Waals surface area contributed by atoms with Gasteiger partial charge in [-0.2, -0.15) is 10.2 Å². The third-order valence-corrected chi connectivity index (χ3v) is 6.06. The number of hydrogen-bond acceptors (Lipinski definition) is 7. The first-order valence-electron chi connectivity index (χ1n) is 9.12. The fourth-order valence-corrected chi connectivity index (χ4v) is 4.25. The van der Waals surface area contributed by atoms with Crippen LogP contribution in [0.15, 0.2) is 59.8 Å². The van der Waals surface area contributed by atoms with Gasteiger partial charge in [-0.15, -0.1) is 5.10 Å². The largest absolute Gasteiger partial charge is 0.456 e. The van der Waals surface area contributed by atoms with Crippen molar-refractivity contribution in [3.05, 3.63) is 71.3 Å². The molecule has 0 aliphatic carbocycles. The maximum absolute atomic E-state index is 14.8. The van der Waals surface area contributed by atoms with Gasteiger partial charge >= 0.3 is 0 Å². The minimum atomic E-state index is -4.24. The number of halogens is 2. The first-order valence-corrected chi connectivity index (χ1v) is 11.0. The molecule has 9 nitrogen and oxygen atoms in total. The minimum Gasteiger partial charge on any atom is -0.456 e. The second-order valence-corrected chi connectivity index (χ2v) is 8.79. The van der Waals surface area contributed by atoms with Gasteiger partial charge in [-0.3, -0.25) is 9.82 Å². The van der Waals surface area contributed by atoms with Gasteiger partial charge in [0.2, 0.25) is 0 Å². The molecule has 0 aliphatic heterocycles. The van der Waals surface area contributed by atoms with E-state index in [-0.39, 0.29) is 11.6 Å². The maximum Gasteiger partial charge on any atom is 0.266 e. The van der Waals surface area contributed by atoms with E-state index in [1.54, 1.807) is 25.1 Å². The SMILES string of the molecule is Cc1cc(S(=O)(=O)Nc2cccnn2)c(F)cc1Oc1ccc(Cl)cc1-c1cn[nH]c1N. The van der Waals surface area contributed by atoms with E-state index in [0.717, 1.165) is 6.07 Å². The monoisotopic (exact) mass is 474 g/mol. The fourth-order valence-electron chi connectivity index (χ4n) is 2.93. The van der Waals surface area contributed by atoms with Gasteiger partial charge in [0.05, 0.1) is 6.20 Å². The van der Waals surface area contributed by atoms with E-state index in [2.05, 4.69) is 25.1 Å². The molecule has 0 bridgehead atoms. The number of aromatic amines is 1. The zero-order chi connectivity index (χ0) is 22.9. The number of benzene rings is 2. The average molecular weight is 475 g/mol. The molecule has 0 saturated carbocycles. The second-order valence-electron chi connectivity index (χ2n) is 6.70. The Bertz CT molecular complexity index is 1400. The summed E-state index contributed by atoms with van der Waals surface area (Å²) in [5.74, 6) is -0.282. The number of nitrogens with two attached hydrogens (primary N) is 1. The number of aromatic nitrogens is 4. The number of rotatable bonds is 6. The lowest BCUT2D eigenvalue weighted by Crippen LogP contribution is -2.16. The Labute approximate surface area is 187 Å². The highest BCUT2D eigenvalue weighted by Crippen LogP contribution is 2.39. The maximum atomic E-state index is 14.8. The molecule has 0 unspecified atom stereocenters. The smallest absolute Gasteiger partial charge is 0.266 e. The van der Waals surface area contributed by atoms with Crippen LogP contribution in [0.5, 0.6) is 11.5 Å². The van der Waals surface area contributed by atoms with E-state index in [4.69, 9.17) is 22.1 Å². The topological polar surface area (TPSA) is 136 Å². The van der Waals surface area contributed by atoms with Crippen LogP contribution in [0.4, 0.5) is 16.0 Å². The zero-order valence-corrected chi connectivity index (χ0v) is 18.1. The van der Waals surface area contributed by atoms with Gasteiger partial charge in [0.25, 0.3) is 10.0 Å². The first-order chi connectivity index (χ1) is 15.2. The van der Waals surface area contributed by atoms with Crippen LogP contribution in [0.2, 0.25) is 5.02 Å². The fraction of sp³-hybridized carbons (Fsp3) is 0.0500. The molecular formula is C20H16ClFN6O3S. The van der Waals surface area contributed by atoms with Crippen molar-refractivity contribution < 1.29 is 17.5 Å². The zero-order valence-electron chi connectivity index (χ0n) is 16.5. The molecule has 2 heterocycles. The predicted molar refractivity (Wildman–Crippen MR) is 117 cm³/mol. The van der Waals surface area contributed by atoms with Crippen LogP contribution >= 0.6 is 11.6 Å². The van der Waals surface area contributed by atoms with Crippen molar-refractivity contribution in [3.8, 4) is 22.6 Å². The molecule has 0 fully saturated rings. The van der Waals surface area contributed by atoms with Gasteiger partial charge in [-0.05, 0) is 48.9 Å². The number of hydrogen-bond donors (Lipinski definition) is 3. The molecule has 4 aromatic rings. The quantitative estimate of drug-likeness (QED) is 0.382. The Morgan fingerprint density at radius 3 is 2.66 bits per heavy atom. The number of H-pyrrole nitrogens is 1. The Hall–Kier alpha value is -3.70. The van der Waals surface area contributed by atoms with Gasteiger partial charge in [0.15, 0.2) is 5.82 Å². The van der Waals surface area contributed by atoms with Gasteiger partial charge in [0, 0.05) is 28.4 Å².